The molecule has 1 aromatic rings. The largest absolute Gasteiger partial charge is 0.355 e. The van der Waals surface area contributed by atoms with Crippen LogP contribution in [0.5, 0.6) is 0 Å². The average Bonchev–Trinajstić information content (AvgIpc) is 2.43. The number of hydrogen-bond donors (Lipinski definition) is 0. The second-order valence-electron chi connectivity index (χ2n) is 4.29. The van der Waals surface area contributed by atoms with Gasteiger partial charge < -0.3 is 9.80 Å². The van der Waals surface area contributed by atoms with Crippen molar-refractivity contribution in [3.05, 3.63) is 16.8 Å². The van der Waals surface area contributed by atoms with Crippen molar-refractivity contribution < 1.29 is 4.79 Å². The summed E-state index contributed by atoms with van der Waals surface area (Å²) in [7, 11) is 0. The lowest BCUT2D eigenvalue weighted by molar-refractivity contribution is -0.114. The molecule has 0 fully saturated rings. The summed E-state index contributed by atoms with van der Waals surface area (Å²) >= 11 is 6.04. The van der Waals surface area contributed by atoms with Gasteiger partial charge in [-0.2, -0.15) is 0 Å². The van der Waals surface area contributed by atoms with Crippen molar-refractivity contribution in [3.8, 4) is 0 Å². The van der Waals surface area contributed by atoms with E-state index >= 15 is 0 Å². The Labute approximate surface area is 125 Å². The van der Waals surface area contributed by atoms with Crippen LogP contribution in [-0.2, 0) is 4.79 Å². The summed E-state index contributed by atoms with van der Waals surface area (Å²) in [6.45, 7) is 10.1. The van der Waals surface area contributed by atoms with Crippen molar-refractivity contribution in [2.45, 2.75) is 27.7 Å². The molecule has 6 heteroatoms. The number of aryl methyl sites for hydroxylation is 1. The van der Waals surface area contributed by atoms with E-state index < -0.39 is 0 Å². The van der Waals surface area contributed by atoms with E-state index in [0.29, 0.717) is 11.7 Å². The smallest absolute Gasteiger partial charge is 0.214 e. The minimum atomic E-state index is 0.450. The molecule has 0 aliphatic heterocycles. The summed E-state index contributed by atoms with van der Waals surface area (Å²) < 4.78 is 0. The van der Waals surface area contributed by atoms with E-state index in [-0.39, 0.29) is 0 Å². The highest BCUT2D eigenvalue weighted by molar-refractivity contribution is 6.29. The van der Waals surface area contributed by atoms with E-state index in [2.05, 4.69) is 28.7 Å². The van der Waals surface area contributed by atoms with Gasteiger partial charge in [-0.05, 0) is 39.3 Å². The molecule has 0 aliphatic rings. The fraction of sp³-hybridized carbons (Fsp3) is 0.500. The lowest BCUT2D eigenvalue weighted by Crippen LogP contribution is -2.23. The van der Waals surface area contributed by atoms with Crippen LogP contribution in [0.15, 0.2) is 11.1 Å². The lowest BCUT2D eigenvalue weighted by Gasteiger charge is -2.22. The van der Waals surface area contributed by atoms with Gasteiger partial charge in [-0.15, -0.1) is 0 Å². The van der Waals surface area contributed by atoms with Crippen LogP contribution in [0, 0.1) is 6.92 Å². The second-order valence-corrected chi connectivity index (χ2v) is 4.67. The van der Waals surface area contributed by atoms with Gasteiger partial charge in [-0.25, -0.2) is 9.98 Å². The Morgan fingerprint density at radius 3 is 2.45 bits per heavy atom. The van der Waals surface area contributed by atoms with Crippen molar-refractivity contribution in [3.63, 3.8) is 0 Å². The first kappa shape index (κ1) is 16.4. The average molecular weight is 297 g/mol. The number of nitrogens with zero attached hydrogens (tertiary/aromatic N) is 4. The Kier molecular flexibility index (Phi) is 6.45. The van der Waals surface area contributed by atoms with Crippen LogP contribution in [0.2, 0.25) is 5.15 Å². The van der Waals surface area contributed by atoms with Gasteiger partial charge in [0.15, 0.2) is 5.82 Å². The molecular weight excluding hydrogens is 276 g/mol. The summed E-state index contributed by atoms with van der Waals surface area (Å²) in [5, 5.41) is 0.450. The lowest BCUT2D eigenvalue weighted by atomic mass is 10.2. The zero-order valence-corrected chi connectivity index (χ0v) is 13.2. The molecule has 1 amide bonds. The highest BCUT2D eigenvalue weighted by atomic mass is 35.5. The zero-order chi connectivity index (χ0) is 15.1. The Morgan fingerprint density at radius 2 is 1.95 bits per heavy atom. The number of pyridine rings is 1. The van der Waals surface area contributed by atoms with Gasteiger partial charge in [-0.3, -0.25) is 4.79 Å². The first-order chi connectivity index (χ1) is 9.57. The van der Waals surface area contributed by atoms with Crippen LogP contribution >= 0.6 is 11.6 Å². The zero-order valence-electron chi connectivity index (χ0n) is 12.4. The third kappa shape index (κ3) is 3.93. The first-order valence-electron chi connectivity index (χ1n) is 6.74. The minimum Gasteiger partial charge on any atom is -0.355 e. The van der Waals surface area contributed by atoms with Crippen molar-refractivity contribution in [1.29, 1.82) is 0 Å². The number of carbonyl (C=O) groups excluding carboxylic acids is 1. The number of amides is 1. The van der Waals surface area contributed by atoms with E-state index in [9.17, 15) is 4.79 Å². The molecule has 0 bridgehead atoms. The van der Waals surface area contributed by atoms with Gasteiger partial charge in [0.05, 0.1) is 6.34 Å². The minimum absolute atomic E-state index is 0.450. The molecule has 0 saturated carbocycles. The van der Waals surface area contributed by atoms with E-state index in [1.54, 1.807) is 6.07 Å². The summed E-state index contributed by atoms with van der Waals surface area (Å²) in [6.07, 6.45) is 2.27. The predicted octanol–water partition coefficient (Wildman–Crippen LogP) is 3.03. The molecule has 0 N–H and O–H groups in total. The van der Waals surface area contributed by atoms with Gasteiger partial charge in [0, 0.05) is 19.6 Å². The molecule has 20 heavy (non-hydrogen) atoms. The molecule has 0 spiro atoms. The van der Waals surface area contributed by atoms with E-state index in [1.807, 2.05) is 13.8 Å². The molecule has 0 aromatic carbocycles. The highest BCUT2D eigenvalue weighted by Gasteiger charge is 2.13. The molecule has 0 atom stereocenters. The molecule has 5 nitrogen and oxygen atoms in total. The van der Waals surface area contributed by atoms with Crippen LogP contribution in [0.25, 0.3) is 0 Å². The SMILES string of the molecule is CCN(C=O)C=Nc1c(C)cc(Cl)nc1N(CC)CC. The standard InChI is InChI=1S/C14H21ClN4O/c1-5-18(10-20)9-16-13-11(4)8-12(15)17-14(13)19(6-2)7-3/h8-10H,5-7H2,1-4H3. The van der Waals surface area contributed by atoms with Crippen LogP contribution in [0.4, 0.5) is 11.5 Å². The molecule has 1 aromatic heterocycles. The predicted molar refractivity (Wildman–Crippen MR) is 84.1 cm³/mol. The van der Waals surface area contributed by atoms with Gasteiger partial charge in [0.1, 0.15) is 10.8 Å². The summed E-state index contributed by atoms with van der Waals surface area (Å²) in [5.74, 6) is 0.748. The number of aromatic nitrogens is 1. The summed E-state index contributed by atoms with van der Waals surface area (Å²) in [6, 6.07) is 1.78. The maximum absolute atomic E-state index is 10.8. The topological polar surface area (TPSA) is 48.8 Å². The molecule has 110 valence electrons. The van der Waals surface area contributed by atoms with Crippen LogP contribution in [0.1, 0.15) is 26.3 Å². The molecule has 1 heterocycles. The number of carbonyl (C=O) groups is 1. The highest BCUT2D eigenvalue weighted by Crippen LogP contribution is 2.32. The molecular formula is C14H21ClN4O. The molecule has 0 radical (unpaired) electrons. The Hall–Kier alpha value is -1.62. The second kappa shape index (κ2) is 7.85. The van der Waals surface area contributed by atoms with Crippen molar-refractivity contribution >= 4 is 35.9 Å². The molecule has 0 saturated heterocycles. The molecule has 0 unspecified atom stereocenters. The van der Waals surface area contributed by atoms with Crippen molar-refractivity contribution in [1.82, 2.24) is 9.88 Å². The Balaban J connectivity index is 3.25. The quantitative estimate of drug-likeness (QED) is 0.336. The van der Waals surface area contributed by atoms with Gasteiger partial charge >= 0.3 is 0 Å². The summed E-state index contributed by atoms with van der Waals surface area (Å²) in [5.41, 5.74) is 1.68. The van der Waals surface area contributed by atoms with Crippen LogP contribution in [0.3, 0.4) is 0 Å². The number of rotatable bonds is 7. The van der Waals surface area contributed by atoms with E-state index in [4.69, 9.17) is 11.6 Å². The molecule has 0 aliphatic carbocycles. The third-order valence-corrected chi connectivity index (χ3v) is 3.23. The Bertz CT molecular complexity index is 486. The number of hydrogen-bond acceptors (Lipinski definition) is 4. The monoisotopic (exact) mass is 296 g/mol. The fourth-order valence-electron chi connectivity index (χ4n) is 1.83. The van der Waals surface area contributed by atoms with Crippen molar-refractivity contribution in [2.24, 2.45) is 4.99 Å². The maximum atomic E-state index is 10.8. The maximum Gasteiger partial charge on any atom is 0.214 e. The normalized spacial score (nSPS) is 10.8. The fourth-order valence-corrected chi connectivity index (χ4v) is 2.07. The van der Waals surface area contributed by atoms with Gasteiger partial charge in [-0.1, -0.05) is 11.6 Å². The van der Waals surface area contributed by atoms with Crippen LogP contribution in [-0.4, -0.2) is 42.3 Å². The van der Waals surface area contributed by atoms with Gasteiger partial charge in [0.2, 0.25) is 6.41 Å². The number of halogens is 1. The van der Waals surface area contributed by atoms with E-state index in [1.165, 1.54) is 11.2 Å². The van der Waals surface area contributed by atoms with Gasteiger partial charge in [0.25, 0.3) is 0 Å². The summed E-state index contributed by atoms with van der Waals surface area (Å²) in [4.78, 5) is 23.2. The molecule has 1 rings (SSSR count). The number of aliphatic imine (C=N–C) groups is 1. The first-order valence-corrected chi connectivity index (χ1v) is 7.12. The number of anilines is 1. The third-order valence-electron chi connectivity index (χ3n) is 3.03. The van der Waals surface area contributed by atoms with Crippen molar-refractivity contribution in [2.75, 3.05) is 24.5 Å². The van der Waals surface area contributed by atoms with Crippen LogP contribution < -0.4 is 4.90 Å². The van der Waals surface area contributed by atoms with E-state index in [0.717, 1.165) is 36.6 Å². The Morgan fingerprint density at radius 1 is 1.30 bits per heavy atom.